The lowest BCUT2D eigenvalue weighted by atomic mass is 9.67. The van der Waals surface area contributed by atoms with Crippen LogP contribution in [0.3, 0.4) is 0 Å². The van der Waals surface area contributed by atoms with E-state index >= 15 is 0 Å². The maximum absolute atomic E-state index is 9.28. The summed E-state index contributed by atoms with van der Waals surface area (Å²) in [6.07, 6.45) is 0. The van der Waals surface area contributed by atoms with E-state index in [0.29, 0.717) is 5.56 Å². The highest BCUT2D eigenvalue weighted by atomic mass is 35.5. The van der Waals surface area contributed by atoms with E-state index in [1.165, 1.54) is 43.2 Å². The van der Waals surface area contributed by atoms with E-state index in [-0.39, 0.29) is 0 Å². The van der Waals surface area contributed by atoms with Crippen LogP contribution in [0.4, 0.5) is 0 Å². The Balaban J connectivity index is 1.62. The lowest BCUT2D eigenvalue weighted by molar-refractivity contribution is 0.723. The molecule has 1 spiro atoms. The fraction of sp³-hybridized carbons (Fsp3) is 0.0312. The molecule has 5 aromatic carbocycles. The van der Waals surface area contributed by atoms with E-state index in [0.717, 1.165) is 16.1 Å². The van der Waals surface area contributed by atoms with E-state index in [4.69, 9.17) is 11.6 Å². The normalized spacial score (nSPS) is 16.7. The van der Waals surface area contributed by atoms with Crippen molar-refractivity contribution in [2.24, 2.45) is 0 Å². The number of benzene rings is 5. The van der Waals surface area contributed by atoms with Gasteiger partial charge in [0.1, 0.15) is 0 Å². The van der Waals surface area contributed by atoms with Gasteiger partial charge in [0.2, 0.25) is 0 Å². The number of rotatable bonds is 1. The third-order valence-electron chi connectivity index (χ3n) is 7.27. The Morgan fingerprint density at radius 3 is 2.11 bits per heavy atom. The smallest absolute Gasteiger partial charge is 0.0991 e. The standard InChI is InChI=1S/C32H18ClNS/c33-28-13-6-11-26-30(28)23-7-1-2-9-24(23)32(26)25-10-3-4-14-29(25)35-31-22(8-5-12-27(31)32)21-17-15-20(19-34)16-18-21/h1-18H. The molecule has 0 radical (unpaired) electrons. The zero-order valence-corrected chi connectivity index (χ0v) is 20.2. The van der Waals surface area contributed by atoms with Crippen molar-refractivity contribution in [1.29, 1.82) is 5.26 Å². The van der Waals surface area contributed by atoms with Crippen LogP contribution in [-0.4, -0.2) is 0 Å². The van der Waals surface area contributed by atoms with E-state index in [1.807, 2.05) is 30.0 Å². The molecule has 164 valence electrons. The maximum atomic E-state index is 9.28. The fourth-order valence-electron chi connectivity index (χ4n) is 5.88. The van der Waals surface area contributed by atoms with Gasteiger partial charge in [-0.25, -0.2) is 0 Å². The van der Waals surface area contributed by atoms with Crippen LogP contribution in [0.15, 0.2) is 119 Å². The molecule has 3 heteroatoms. The minimum atomic E-state index is -0.448. The van der Waals surface area contributed by atoms with Crippen molar-refractivity contribution < 1.29 is 0 Å². The van der Waals surface area contributed by atoms with Crippen LogP contribution in [0.25, 0.3) is 22.3 Å². The maximum Gasteiger partial charge on any atom is 0.0991 e. The van der Waals surface area contributed by atoms with Gasteiger partial charge in [0.15, 0.2) is 0 Å². The fourth-order valence-corrected chi connectivity index (χ4v) is 7.48. The van der Waals surface area contributed by atoms with Crippen molar-refractivity contribution >= 4 is 23.4 Å². The van der Waals surface area contributed by atoms with Crippen LogP contribution in [0, 0.1) is 11.3 Å². The largest absolute Gasteiger partial charge is 0.192 e. The van der Waals surface area contributed by atoms with Gasteiger partial charge in [-0.15, -0.1) is 0 Å². The second kappa shape index (κ2) is 7.62. The monoisotopic (exact) mass is 483 g/mol. The molecule has 1 unspecified atom stereocenters. The van der Waals surface area contributed by atoms with E-state index in [9.17, 15) is 5.26 Å². The summed E-state index contributed by atoms with van der Waals surface area (Å²) < 4.78 is 0. The Morgan fingerprint density at radius 2 is 1.29 bits per heavy atom. The molecule has 0 bridgehead atoms. The van der Waals surface area contributed by atoms with Gasteiger partial charge < -0.3 is 0 Å². The Hall–Kier alpha value is -3.77. The quantitative estimate of drug-likeness (QED) is 0.233. The Morgan fingerprint density at radius 1 is 0.629 bits per heavy atom. The number of fused-ring (bicyclic) bond motifs is 9. The zero-order valence-electron chi connectivity index (χ0n) is 18.6. The molecular formula is C32H18ClNS. The highest BCUT2D eigenvalue weighted by Gasteiger charge is 2.50. The van der Waals surface area contributed by atoms with Gasteiger partial charge in [-0.3, -0.25) is 0 Å². The number of nitrogens with zero attached hydrogens (tertiary/aromatic N) is 1. The van der Waals surface area contributed by atoms with E-state index < -0.39 is 5.41 Å². The minimum Gasteiger partial charge on any atom is -0.192 e. The van der Waals surface area contributed by atoms with Crippen LogP contribution < -0.4 is 0 Å². The molecule has 2 aliphatic rings. The molecule has 0 saturated heterocycles. The lowest BCUT2D eigenvalue weighted by Gasteiger charge is -2.40. The number of halogens is 1. The predicted octanol–water partition coefficient (Wildman–Crippen LogP) is 8.71. The third kappa shape index (κ3) is 2.71. The second-order valence-electron chi connectivity index (χ2n) is 8.93. The molecule has 5 aromatic rings. The van der Waals surface area contributed by atoms with Gasteiger partial charge >= 0.3 is 0 Å². The molecule has 0 fully saturated rings. The number of hydrogen-bond acceptors (Lipinski definition) is 2. The summed E-state index contributed by atoms with van der Waals surface area (Å²) in [6, 6.07) is 40.5. The predicted molar refractivity (Wildman–Crippen MR) is 143 cm³/mol. The first-order chi connectivity index (χ1) is 17.2. The second-order valence-corrected chi connectivity index (χ2v) is 10.4. The molecule has 0 N–H and O–H groups in total. The van der Waals surface area contributed by atoms with Gasteiger partial charge in [0.25, 0.3) is 0 Å². The highest BCUT2D eigenvalue weighted by molar-refractivity contribution is 7.99. The highest BCUT2D eigenvalue weighted by Crippen LogP contribution is 2.63. The first kappa shape index (κ1) is 20.6. The van der Waals surface area contributed by atoms with Gasteiger partial charge in [0, 0.05) is 20.4 Å². The van der Waals surface area contributed by atoms with Crippen molar-refractivity contribution in [2.45, 2.75) is 15.2 Å². The van der Waals surface area contributed by atoms with Gasteiger partial charge in [-0.05, 0) is 63.2 Å². The van der Waals surface area contributed by atoms with Gasteiger partial charge in [-0.1, -0.05) is 108 Å². The molecule has 1 aliphatic carbocycles. The summed E-state index contributed by atoms with van der Waals surface area (Å²) in [5.74, 6) is 0. The van der Waals surface area contributed by atoms with Crippen LogP contribution in [0.1, 0.15) is 27.8 Å². The van der Waals surface area contributed by atoms with Crippen LogP contribution in [0.2, 0.25) is 5.02 Å². The summed E-state index contributed by atoms with van der Waals surface area (Å²) in [6.45, 7) is 0. The first-order valence-electron chi connectivity index (χ1n) is 11.5. The molecule has 1 aliphatic heterocycles. The van der Waals surface area contributed by atoms with E-state index in [1.54, 1.807) is 0 Å². The number of nitriles is 1. The molecule has 0 amide bonds. The molecular weight excluding hydrogens is 466 g/mol. The number of hydrogen-bond donors (Lipinski definition) is 0. The first-order valence-corrected chi connectivity index (χ1v) is 12.7. The summed E-state index contributed by atoms with van der Waals surface area (Å²) in [4.78, 5) is 2.50. The van der Waals surface area contributed by atoms with Crippen molar-refractivity contribution in [3.8, 4) is 28.3 Å². The van der Waals surface area contributed by atoms with Crippen molar-refractivity contribution in [3.63, 3.8) is 0 Å². The average Bonchev–Trinajstić information content (AvgIpc) is 3.21. The van der Waals surface area contributed by atoms with Crippen LogP contribution in [0.5, 0.6) is 0 Å². The van der Waals surface area contributed by atoms with Gasteiger partial charge in [0.05, 0.1) is 17.0 Å². The molecule has 1 nitrogen and oxygen atoms in total. The van der Waals surface area contributed by atoms with Crippen molar-refractivity contribution in [1.82, 2.24) is 0 Å². The average molecular weight is 484 g/mol. The zero-order chi connectivity index (χ0) is 23.6. The summed E-state index contributed by atoms with van der Waals surface area (Å²) in [5.41, 5.74) is 9.91. The Labute approximate surface area is 213 Å². The molecule has 0 saturated carbocycles. The Bertz CT molecular complexity index is 1700. The SMILES string of the molecule is N#Cc1ccc(-c2cccc3c2Sc2ccccc2C32c3ccccc3-c3c(Cl)cccc32)cc1. The van der Waals surface area contributed by atoms with Crippen LogP contribution in [-0.2, 0) is 5.41 Å². The molecule has 1 heterocycles. The minimum absolute atomic E-state index is 0.448. The summed E-state index contributed by atoms with van der Waals surface area (Å²) >= 11 is 8.71. The molecule has 35 heavy (non-hydrogen) atoms. The molecule has 7 rings (SSSR count). The van der Waals surface area contributed by atoms with Gasteiger partial charge in [-0.2, -0.15) is 5.26 Å². The summed E-state index contributed by atoms with van der Waals surface area (Å²) in [7, 11) is 0. The van der Waals surface area contributed by atoms with E-state index in [2.05, 4.69) is 97.1 Å². The van der Waals surface area contributed by atoms with Crippen molar-refractivity contribution in [2.75, 3.05) is 0 Å². The van der Waals surface area contributed by atoms with Crippen molar-refractivity contribution in [3.05, 3.63) is 142 Å². The lowest BCUT2D eigenvalue weighted by Crippen LogP contribution is -2.32. The topological polar surface area (TPSA) is 23.8 Å². The third-order valence-corrected chi connectivity index (χ3v) is 8.80. The molecule has 0 aromatic heterocycles. The Kier molecular flexibility index (Phi) is 4.48. The van der Waals surface area contributed by atoms with Crippen LogP contribution >= 0.6 is 23.4 Å². The summed E-state index contributed by atoms with van der Waals surface area (Å²) in [5, 5.41) is 10.1. The molecule has 1 atom stereocenters.